The number of rotatable bonds is 5. The van der Waals surface area contributed by atoms with Gasteiger partial charge in [0.1, 0.15) is 12.4 Å². The smallest absolute Gasteiger partial charge is 0.253 e. The normalized spacial score (nSPS) is 16.7. The molecule has 2 aromatic carbocycles. The first kappa shape index (κ1) is 22.6. The number of piperazine rings is 1. The molecule has 0 aliphatic carbocycles. The van der Waals surface area contributed by atoms with Crippen LogP contribution in [0, 0.1) is 5.82 Å². The Labute approximate surface area is 191 Å². The summed E-state index contributed by atoms with van der Waals surface area (Å²) in [5.74, 6) is 0.366. The Morgan fingerprint density at radius 2 is 1.94 bits per heavy atom. The largest absolute Gasteiger partial charge is 0.490 e. The van der Waals surface area contributed by atoms with Gasteiger partial charge in [-0.05, 0) is 37.3 Å². The Kier molecular flexibility index (Phi) is 6.41. The molecule has 2 aliphatic rings. The van der Waals surface area contributed by atoms with Crippen LogP contribution in [0.1, 0.15) is 12.5 Å². The van der Waals surface area contributed by atoms with Crippen molar-refractivity contribution >= 4 is 33.6 Å². The van der Waals surface area contributed by atoms with Crippen LogP contribution in [0.5, 0.6) is 11.5 Å². The fourth-order valence-corrected chi connectivity index (χ4v) is 5.39. The number of sulfonamides is 1. The summed E-state index contributed by atoms with van der Waals surface area (Å²) in [6, 6.07) is 8.81. The van der Waals surface area contributed by atoms with Gasteiger partial charge in [0, 0.05) is 31.7 Å². The number of halogens is 2. The maximum atomic E-state index is 13.4. The van der Waals surface area contributed by atoms with Gasteiger partial charge in [-0.15, -0.1) is 0 Å². The maximum Gasteiger partial charge on any atom is 0.253 e. The first-order valence-electron chi connectivity index (χ1n) is 10.1. The molecule has 32 heavy (non-hydrogen) atoms. The lowest BCUT2D eigenvalue weighted by Gasteiger charge is -2.35. The predicted molar refractivity (Wildman–Crippen MR) is 118 cm³/mol. The molecular weight excluding hydrogens is 459 g/mol. The fraction of sp³-hybridized carbons (Fsp3) is 0.318. The summed E-state index contributed by atoms with van der Waals surface area (Å²) in [5, 5.41) is -0.253. The molecule has 4 rings (SSSR count). The van der Waals surface area contributed by atoms with E-state index in [0.29, 0.717) is 23.7 Å². The maximum absolute atomic E-state index is 13.4. The van der Waals surface area contributed by atoms with Crippen molar-refractivity contribution in [2.45, 2.75) is 11.8 Å². The molecule has 0 atom stereocenters. The second-order valence-corrected chi connectivity index (χ2v) is 9.68. The number of nitrogens with zero attached hydrogens (tertiary/aromatic N) is 2. The van der Waals surface area contributed by atoms with Gasteiger partial charge in [0.15, 0.2) is 11.5 Å². The standard InChI is InChI=1S/C22H22ClFN2O5S/c1-2-30-20-5-3-4-15-12-16(14-31-21(15)20)22(27)25-8-10-26(11-9-25)32(28,29)17-6-7-19(24)18(23)13-17/h3-7,12-13H,2,8-11,14H2,1H3. The molecule has 0 N–H and O–H groups in total. The number of hydrogen-bond donors (Lipinski definition) is 0. The third-order valence-corrected chi connectivity index (χ3v) is 7.52. The molecule has 2 aliphatic heterocycles. The first-order chi connectivity index (χ1) is 15.3. The zero-order valence-corrected chi connectivity index (χ0v) is 19.0. The monoisotopic (exact) mass is 480 g/mol. The van der Waals surface area contributed by atoms with Crippen LogP contribution in [0.2, 0.25) is 5.02 Å². The van der Waals surface area contributed by atoms with E-state index >= 15 is 0 Å². The Hall–Kier alpha value is -2.62. The van der Waals surface area contributed by atoms with E-state index in [0.717, 1.165) is 17.7 Å². The number of carbonyl (C=O) groups is 1. The second-order valence-electron chi connectivity index (χ2n) is 7.34. The van der Waals surface area contributed by atoms with Crippen LogP contribution in [0.15, 0.2) is 46.9 Å². The van der Waals surface area contributed by atoms with Gasteiger partial charge < -0.3 is 14.4 Å². The number of ether oxygens (including phenoxy) is 2. The van der Waals surface area contributed by atoms with E-state index in [-0.39, 0.29) is 48.6 Å². The zero-order chi connectivity index (χ0) is 22.9. The van der Waals surface area contributed by atoms with Gasteiger partial charge >= 0.3 is 0 Å². The zero-order valence-electron chi connectivity index (χ0n) is 17.4. The average Bonchev–Trinajstić information content (AvgIpc) is 2.80. The molecule has 0 unspecified atom stereocenters. The molecule has 0 aromatic heterocycles. The van der Waals surface area contributed by atoms with E-state index in [9.17, 15) is 17.6 Å². The highest BCUT2D eigenvalue weighted by Gasteiger charge is 2.32. The van der Waals surface area contributed by atoms with E-state index in [4.69, 9.17) is 21.1 Å². The number of carbonyl (C=O) groups excluding carboxylic acids is 1. The minimum absolute atomic E-state index is 0.0752. The molecule has 7 nitrogen and oxygen atoms in total. The van der Waals surface area contributed by atoms with Gasteiger partial charge in [-0.1, -0.05) is 23.7 Å². The summed E-state index contributed by atoms with van der Waals surface area (Å²) < 4.78 is 51.7. The second kappa shape index (κ2) is 9.09. The van der Waals surface area contributed by atoms with Crippen molar-refractivity contribution in [2.24, 2.45) is 0 Å². The molecule has 170 valence electrons. The molecule has 0 spiro atoms. The lowest BCUT2D eigenvalue weighted by atomic mass is 10.1. The minimum atomic E-state index is -3.83. The highest BCUT2D eigenvalue weighted by atomic mass is 35.5. The van der Waals surface area contributed by atoms with Crippen LogP contribution in [-0.2, 0) is 14.8 Å². The molecule has 0 radical (unpaired) electrons. The summed E-state index contributed by atoms with van der Waals surface area (Å²) >= 11 is 5.74. The third kappa shape index (κ3) is 4.32. The van der Waals surface area contributed by atoms with Crippen molar-refractivity contribution in [3.8, 4) is 11.5 Å². The Morgan fingerprint density at radius 3 is 2.62 bits per heavy atom. The summed E-state index contributed by atoms with van der Waals surface area (Å²) in [7, 11) is -3.83. The highest BCUT2D eigenvalue weighted by Crippen LogP contribution is 2.36. The van der Waals surface area contributed by atoms with Crippen LogP contribution in [-0.4, -0.2) is 62.9 Å². The Bertz CT molecular complexity index is 1180. The molecule has 2 heterocycles. The van der Waals surface area contributed by atoms with Gasteiger partial charge in [-0.25, -0.2) is 12.8 Å². The molecule has 0 bridgehead atoms. The van der Waals surface area contributed by atoms with E-state index in [1.165, 1.54) is 10.4 Å². The number of amides is 1. The topological polar surface area (TPSA) is 76.2 Å². The minimum Gasteiger partial charge on any atom is -0.490 e. The molecular formula is C22H22ClFN2O5S. The summed E-state index contributed by atoms with van der Waals surface area (Å²) in [6.45, 7) is 3.23. The van der Waals surface area contributed by atoms with Crippen LogP contribution < -0.4 is 9.47 Å². The van der Waals surface area contributed by atoms with Gasteiger partial charge in [0.2, 0.25) is 10.0 Å². The van der Waals surface area contributed by atoms with Crippen molar-refractivity contribution in [2.75, 3.05) is 39.4 Å². The Balaban J connectivity index is 1.45. The number of fused-ring (bicyclic) bond motifs is 1. The van der Waals surface area contributed by atoms with Crippen molar-refractivity contribution in [3.05, 3.63) is 58.4 Å². The van der Waals surface area contributed by atoms with E-state index in [1.807, 2.05) is 25.1 Å². The fourth-order valence-electron chi connectivity index (χ4n) is 3.69. The highest BCUT2D eigenvalue weighted by molar-refractivity contribution is 7.89. The predicted octanol–water partition coefficient (Wildman–Crippen LogP) is 3.19. The van der Waals surface area contributed by atoms with E-state index < -0.39 is 15.8 Å². The quantitative estimate of drug-likeness (QED) is 0.657. The number of benzene rings is 2. The van der Waals surface area contributed by atoms with Crippen LogP contribution >= 0.6 is 11.6 Å². The Morgan fingerprint density at radius 1 is 1.19 bits per heavy atom. The van der Waals surface area contributed by atoms with E-state index in [1.54, 1.807) is 11.0 Å². The van der Waals surface area contributed by atoms with Gasteiger partial charge in [0.25, 0.3) is 5.91 Å². The number of hydrogen-bond acceptors (Lipinski definition) is 5. The molecule has 10 heteroatoms. The van der Waals surface area contributed by atoms with Crippen molar-refractivity contribution in [3.63, 3.8) is 0 Å². The van der Waals surface area contributed by atoms with Crippen LogP contribution in [0.4, 0.5) is 4.39 Å². The lowest BCUT2D eigenvalue weighted by Crippen LogP contribution is -2.51. The van der Waals surface area contributed by atoms with Gasteiger partial charge in [-0.3, -0.25) is 4.79 Å². The van der Waals surface area contributed by atoms with Crippen LogP contribution in [0.3, 0.4) is 0 Å². The summed E-state index contributed by atoms with van der Waals surface area (Å²) in [5.41, 5.74) is 1.26. The van der Waals surface area contributed by atoms with Crippen LogP contribution in [0.25, 0.3) is 6.08 Å². The van der Waals surface area contributed by atoms with Crippen molar-refractivity contribution in [1.29, 1.82) is 0 Å². The third-order valence-electron chi connectivity index (χ3n) is 5.34. The van der Waals surface area contributed by atoms with Gasteiger partial charge in [0.05, 0.1) is 22.1 Å². The van der Waals surface area contributed by atoms with Crippen molar-refractivity contribution < 1.29 is 27.1 Å². The van der Waals surface area contributed by atoms with Gasteiger partial charge in [-0.2, -0.15) is 4.31 Å². The molecule has 1 fully saturated rings. The molecule has 2 aromatic rings. The average molecular weight is 481 g/mol. The van der Waals surface area contributed by atoms with E-state index in [2.05, 4.69) is 0 Å². The molecule has 0 saturated carbocycles. The summed E-state index contributed by atoms with van der Waals surface area (Å²) in [6.07, 6.45) is 1.79. The molecule has 1 amide bonds. The SMILES string of the molecule is CCOc1cccc2c1OCC(C(=O)N1CCN(S(=O)(=O)c3ccc(F)c(Cl)c3)CC1)=C2. The number of para-hydroxylation sites is 1. The van der Waals surface area contributed by atoms with Crippen molar-refractivity contribution in [1.82, 2.24) is 9.21 Å². The first-order valence-corrected chi connectivity index (χ1v) is 12.0. The molecule has 1 saturated heterocycles. The summed E-state index contributed by atoms with van der Waals surface area (Å²) in [4.78, 5) is 14.5. The lowest BCUT2D eigenvalue weighted by molar-refractivity contribution is -0.128.